The summed E-state index contributed by atoms with van der Waals surface area (Å²) in [5.74, 6) is -0.953. The van der Waals surface area contributed by atoms with Crippen molar-refractivity contribution in [2.75, 3.05) is 11.4 Å². The summed E-state index contributed by atoms with van der Waals surface area (Å²) < 4.78 is 3.47. The zero-order valence-corrected chi connectivity index (χ0v) is 12.6. The number of hydrogen-bond donors (Lipinski definition) is 2. The Morgan fingerprint density at radius 1 is 1.41 bits per heavy atom. The van der Waals surface area contributed by atoms with Crippen LogP contribution in [0.5, 0.6) is 0 Å². The molecule has 1 saturated heterocycles. The van der Waals surface area contributed by atoms with Gasteiger partial charge >= 0.3 is 5.97 Å². The van der Waals surface area contributed by atoms with E-state index in [9.17, 15) is 9.90 Å². The highest BCUT2D eigenvalue weighted by molar-refractivity contribution is 7.97. The van der Waals surface area contributed by atoms with Crippen molar-refractivity contribution in [1.82, 2.24) is 9.71 Å². The van der Waals surface area contributed by atoms with E-state index in [-0.39, 0.29) is 5.56 Å². The lowest BCUT2D eigenvalue weighted by Gasteiger charge is -2.33. The van der Waals surface area contributed by atoms with E-state index in [1.807, 2.05) is 6.07 Å². The number of nitrogens with one attached hydrogen (secondary N) is 1. The first-order valence-electron chi connectivity index (χ1n) is 7.25. The van der Waals surface area contributed by atoms with Crippen LogP contribution < -0.4 is 9.62 Å². The number of hydrogen-bond acceptors (Lipinski definition) is 5. The van der Waals surface area contributed by atoms with Crippen LogP contribution in [0.4, 0.5) is 5.69 Å². The molecule has 2 N–H and O–H groups in total. The second kappa shape index (κ2) is 5.30. The maximum absolute atomic E-state index is 11.4. The van der Waals surface area contributed by atoms with Crippen LogP contribution in [0.3, 0.4) is 0 Å². The Bertz CT molecular complexity index is 750. The molecule has 22 heavy (non-hydrogen) atoms. The van der Waals surface area contributed by atoms with Gasteiger partial charge in [-0.15, -0.1) is 0 Å². The van der Waals surface area contributed by atoms with Gasteiger partial charge in [0.1, 0.15) is 0 Å². The zero-order valence-electron chi connectivity index (χ0n) is 11.8. The van der Waals surface area contributed by atoms with Crippen LogP contribution in [0.15, 0.2) is 41.6 Å². The Labute approximate surface area is 132 Å². The summed E-state index contributed by atoms with van der Waals surface area (Å²) >= 11 is 1.63. The summed E-state index contributed by atoms with van der Waals surface area (Å²) in [7, 11) is 0. The summed E-state index contributed by atoms with van der Waals surface area (Å²) in [6.07, 6.45) is 5.82. The molecule has 1 aromatic heterocycles. The fraction of sp³-hybridized carbons (Fsp3) is 0.250. The van der Waals surface area contributed by atoms with Crippen LogP contribution in [-0.4, -0.2) is 28.8 Å². The van der Waals surface area contributed by atoms with Gasteiger partial charge in [-0.1, -0.05) is 6.07 Å². The molecule has 1 aromatic carbocycles. The summed E-state index contributed by atoms with van der Waals surface area (Å²) in [6.45, 7) is 1.07. The number of rotatable bonds is 2. The molecule has 0 saturated carbocycles. The Balaban J connectivity index is 1.78. The Hall–Kier alpha value is -2.05. The SMILES string of the molecule is O=C(O)c1cnccc1-c1ccc2c(c1)SNC1CCCN21. The Kier molecular flexibility index (Phi) is 3.28. The minimum atomic E-state index is -0.953. The van der Waals surface area contributed by atoms with Crippen LogP contribution in [0.2, 0.25) is 0 Å². The highest BCUT2D eigenvalue weighted by atomic mass is 32.2. The fourth-order valence-corrected chi connectivity index (χ4v) is 4.11. The smallest absolute Gasteiger partial charge is 0.337 e. The molecule has 1 atom stereocenters. The van der Waals surface area contributed by atoms with Gasteiger partial charge in [-0.05, 0) is 54.1 Å². The van der Waals surface area contributed by atoms with Crippen LogP contribution in [0.1, 0.15) is 23.2 Å². The molecule has 0 bridgehead atoms. The van der Waals surface area contributed by atoms with Crippen LogP contribution >= 0.6 is 11.9 Å². The monoisotopic (exact) mass is 313 g/mol. The van der Waals surface area contributed by atoms with Crippen LogP contribution in [0.25, 0.3) is 11.1 Å². The highest BCUT2D eigenvalue weighted by Gasteiger charge is 2.30. The number of carboxylic acid groups (broad SMARTS) is 1. The highest BCUT2D eigenvalue weighted by Crippen LogP contribution is 2.40. The van der Waals surface area contributed by atoms with E-state index in [1.54, 1.807) is 24.2 Å². The molecule has 0 spiro atoms. The predicted molar refractivity (Wildman–Crippen MR) is 86.0 cm³/mol. The molecule has 0 radical (unpaired) electrons. The number of aromatic nitrogens is 1. The van der Waals surface area contributed by atoms with Gasteiger partial charge in [-0.3, -0.25) is 4.98 Å². The lowest BCUT2D eigenvalue weighted by molar-refractivity contribution is 0.0697. The Morgan fingerprint density at radius 3 is 3.18 bits per heavy atom. The average Bonchev–Trinajstić information content (AvgIpc) is 3.03. The number of carbonyl (C=O) groups is 1. The molecule has 5 nitrogen and oxygen atoms in total. The van der Waals surface area contributed by atoms with Crippen molar-refractivity contribution in [1.29, 1.82) is 0 Å². The third-order valence-electron chi connectivity index (χ3n) is 4.19. The lowest BCUT2D eigenvalue weighted by atomic mass is 10.0. The fourth-order valence-electron chi connectivity index (χ4n) is 3.13. The molecule has 4 rings (SSSR count). The van der Waals surface area contributed by atoms with E-state index >= 15 is 0 Å². The molecule has 2 aliphatic rings. The van der Waals surface area contributed by atoms with Crippen molar-refractivity contribution in [3.63, 3.8) is 0 Å². The average molecular weight is 313 g/mol. The first-order chi connectivity index (χ1) is 10.7. The summed E-state index contributed by atoms with van der Waals surface area (Å²) in [4.78, 5) is 18.8. The third-order valence-corrected chi connectivity index (χ3v) is 5.13. The number of carboxylic acids is 1. The van der Waals surface area contributed by atoms with E-state index in [0.717, 1.165) is 17.0 Å². The van der Waals surface area contributed by atoms with Gasteiger partial charge in [0.2, 0.25) is 0 Å². The van der Waals surface area contributed by atoms with Crippen molar-refractivity contribution in [3.05, 3.63) is 42.2 Å². The maximum atomic E-state index is 11.4. The van der Waals surface area contributed by atoms with Crippen LogP contribution in [-0.2, 0) is 0 Å². The molecule has 3 heterocycles. The molecule has 1 fully saturated rings. The molecular weight excluding hydrogens is 298 g/mol. The summed E-state index contributed by atoms with van der Waals surface area (Å²) in [5.41, 5.74) is 3.08. The van der Waals surface area contributed by atoms with Crippen molar-refractivity contribution in [3.8, 4) is 11.1 Å². The van der Waals surface area contributed by atoms with Gasteiger partial charge in [-0.25, -0.2) is 9.52 Å². The molecule has 6 heteroatoms. The lowest BCUT2D eigenvalue weighted by Crippen LogP contribution is -2.41. The Morgan fingerprint density at radius 2 is 2.32 bits per heavy atom. The zero-order chi connectivity index (χ0) is 15.1. The number of benzene rings is 1. The normalized spacial score (nSPS) is 19.6. The van der Waals surface area contributed by atoms with Crippen molar-refractivity contribution in [2.24, 2.45) is 0 Å². The number of pyridine rings is 1. The van der Waals surface area contributed by atoms with E-state index in [4.69, 9.17) is 0 Å². The van der Waals surface area contributed by atoms with Crippen molar-refractivity contribution >= 4 is 23.6 Å². The minimum absolute atomic E-state index is 0.232. The molecule has 112 valence electrons. The predicted octanol–water partition coefficient (Wildman–Crippen LogP) is 2.98. The van der Waals surface area contributed by atoms with Crippen molar-refractivity contribution in [2.45, 2.75) is 23.9 Å². The second-order valence-electron chi connectivity index (χ2n) is 5.48. The van der Waals surface area contributed by atoms with E-state index in [2.05, 4.69) is 26.7 Å². The summed E-state index contributed by atoms with van der Waals surface area (Å²) in [6, 6.07) is 7.92. The minimum Gasteiger partial charge on any atom is -0.478 e. The molecule has 0 amide bonds. The van der Waals surface area contributed by atoms with Crippen molar-refractivity contribution < 1.29 is 9.90 Å². The maximum Gasteiger partial charge on any atom is 0.337 e. The topological polar surface area (TPSA) is 65.5 Å². The number of aromatic carboxylic acids is 1. The van der Waals surface area contributed by atoms with E-state index in [0.29, 0.717) is 11.7 Å². The summed E-state index contributed by atoms with van der Waals surface area (Å²) in [5, 5.41) is 9.32. The molecule has 1 unspecified atom stereocenters. The molecule has 2 aliphatic heterocycles. The number of fused-ring (bicyclic) bond motifs is 3. The molecule has 2 aromatic rings. The van der Waals surface area contributed by atoms with Gasteiger partial charge in [0.05, 0.1) is 17.4 Å². The molecule has 0 aliphatic carbocycles. The third kappa shape index (κ3) is 2.15. The van der Waals surface area contributed by atoms with Crippen LogP contribution in [0, 0.1) is 0 Å². The largest absolute Gasteiger partial charge is 0.478 e. The second-order valence-corrected chi connectivity index (χ2v) is 6.36. The van der Waals surface area contributed by atoms with Gasteiger partial charge in [0.15, 0.2) is 0 Å². The van der Waals surface area contributed by atoms with E-state index in [1.165, 1.54) is 24.7 Å². The number of anilines is 1. The quantitative estimate of drug-likeness (QED) is 0.831. The van der Waals surface area contributed by atoms with Gasteiger partial charge in [0, 0.05) is 23.8 Å². The number of nitrogens with zero attached hydrogens (tertiary/aromatic N) is 2. The molecular formula is C16H15N3O2S. The van der Waals surface area contributed by atoms with Gasteiger partial charge in [0.25, 0.3) is 0 Å². The first-order valence-corrected chi connectivity index (χ1v) is 8.06. The standard InChI is InChI=1S/C16H15N3O2S/c20-16(21)12-9-17-6-5-11(12)10-3-4-13-14(8-10)22-18-15-2-1-7-19(13)15/h3-6,8-9,15,18H,1-2,7H2,(H,20,21). The van der Waals surface area contributed by atoms with E-state index < -0.39 is 5.97 Å². The first kappa shape index (κ1) is 13.6. The van der Waals surface area contributed by atoms with Gasteiger partial charge < -0.3 is 10.0 Å². The van der Waals surface area contributed by atoms with Gasteiger partial charge in [-0.2, -0.15) is 0 Å².